The van der Waals surface area contributed by atoms with Gasteiger partial charge in [-0.3, -0.25) is 4.79 Å². The molecule has 4 aromatic rings. The SMILES string of the molecule is Cc1cc(C#CCO)ccc1-c1cc(=O)[nH]c2c(-c3ccc(Cl)c(Cl)c3)c(C)nn12. The maximum Gasteiger partial charge on any atom is 0.251 e. The van der Waals surface area contributed by atoms with E-state index in [0.717, 1.165) is 33.5 Å². The van der Waals surface area contributed by atoms with Gasteiger partial charge in [-0.05, 0) is 49.2 Å². The molecule has 0 saturated heterocycles. The Balaban J connectivity index is 1.95. The lowest BCUT2D eigenvalue weighted by Gasteiger charge is -2.09. The van der Waals surface area contributed by atoms with E-state index in [-0.39, 0.29) is 12.2 Å². The van der Waals surface area contributed by atoms with Crippen LogP contribution in [-0.4, -0.2) is 26.3 Å². The molecular formula is C23H17Cl2N3O2. The molecule has 0 saturated carbocycles. The van der Waals surface area contributed by atoms with Crippen LogP contribution in [0.4, 0.5) is 0 Å². The number of aliphatic hydroxyl groups excluding tert-OH is 1. The van der Waals surface area contributed by atoms with Gasteiger partial charge < -0.3 is 10.1 Å². The van der Waals surface area contributed by atoms with Gasteiger partial charge in [0.2, 0.25) is 0 Å². The summed E-state index contributed by atoms with van der Waals surface area (Å²) < 4.78 is 1.73. The minimum atomic E-state index is -0.234. The van der Waals surface area contributed by atoms with Crippen molar-refractivity contribution in [3.8, 4) is 34.2 Å². The predicted octanol–water partition coefficient (Wildman–Crippen LogP) is 4.62. The first-order valence-electron chi connectivity index (χ1n) is 9.18. The Morgan fingerprint density at radius 1 is 1.10 bits per heavy atom. The molecule has 2 aromatic heterocycles. The molecule has 2 aromatic carbocycles. The van der Waals surface area contributed by atoms with E-state index < -0.39 is 0 Å². The third kappa shape index (κ3) is 3.61. The fraction of sp³-hybridized carbons (Fsp3) is 0.130. The number of hydrogen-bond acceptors (Lipinski definition) is 3. The Bertz CT molecular complexity index is 1410. The predicted molar refractivity (Wildman–Crippen MR) is 120 cm³/mol. The quantitative estimate of drug-likeness (QED) is 0.449. The van der Waals surface area contributed by atoms with E-state index in [2.05, 4.69) is 21.9 Å². The molecule has 150 valence electrons. The highest BCUT2D eigenvalue weighted by atomic mass is 35.5. The second-order valence-electron chi connectivity index (χ2n) is 6.86. The van der Waals surface area contributed by atoms with Crippen molar-refractivity contribution in [3.05, 3.63) is 79.7 Å². The Labute approximate surface area is 182 Å². The minimum Gasteiger partial charge on any atom is -0.384 e. The van der Waals surface area contributed by atoms with Crippen LogP contribution in [0.3, 0.4) is 0 Å². The number of rotatable bonds is 2. The number of aromatic amines is 1. The summed E-state index contributed by atoms with van der Waals surface area (Å²) >= 11 is 12.3. The summed E-state index contributed by atoms with van der Waals surface area (Å²) in [5, 5.41) is 14.5. The number of nitrogens with one attached hydrogen (secondary N) is 1. The summed E-state index contributed by atoms with van der Waals surface area (Å²) in [5.41, 5.74) is 5.96. The van der Waals surface area contributed by atoms with Crippen LogP contribution in [-0.2, 0) is 0 Å². The summed E-state index contributed by atoms with van der Waals surface area (Å²) in [6, 6.07) is 12.5. The zero-order valence-corrected chi connectivity index (χ0v) is 17.8. The highest BCUT2D eigenvalue weighted by Crippen LogP contribution is 2.33. The monoisotopic (exact) mass is 437 g/mol. The molecule has 0 aliphatic heterocycles. The lowest BCUT2D eigenvalue weighted by molar-refractivity contribution is 0.350. The molecule has 0 unspecified atom stereocenters. The van der Waals surface area contributed by atoms with Crippen LogP contribution in [0, 0.1) is 25.7 Å². The topological polar surface area (TPSA) is 70.4 Å². The van der Waals surface area contributed by atoms with Crippen LogP contribution in [0.25, 0.3) is 28.0 Å². The lowest BCUT2D eigenvalue weighted by Crippen LogP contribution is -2.10. The van der Waals surface area contributed by atoms with Crippen molar-refractivity contribution in [2.24, 2.45) is 0 Å². The third-order valence-electron chi connectivity index (χ3n) is 4.82. The Morgan fingerprint density at radius 3 is 2.60 bits per heavy atom. The molecule has 0 fully saturated rings. The van der Waals surface area contributed by atoms with Crippen LogP contribution in [0.15, 0.2) is 47.3 Å². The summed E-state index contributed by atoms with van der Waals surface area (Å²) in [7, 11) is 0. The molecule has 5 nitrogen and oxygen atoms in total. The third-order valence-corrected chi connectivity index (χ3v) is 5.56. The fourth-order valence-corrected chi connectivity index (χ4v) is 3.81. The highest BCUT2D eigenvalue weighted by Gasteiger charge is 2.18. The van der Waals surface area contributed by atoms with Gasteiger partial charge >= 0.3 is 0 Å². The normalized spacial score (nSPS) is 10.8. The first-order chi connectivity index (χ1) is 14.4. The Hall–Kier alpha value is -3.04. The molecule has 2 heterocycles. The van der Waals surface area contributed by atoms with Gasteiger partial charge in [0.15, 0.2) is 0 Å². The second kappa shape index (κ2) is 8.00. The highest BCUT2D eigenvalue weighted by molar-refractivity contribution is 6.42. The molecule has 2 N–H and O–H groups in total. The number of nitrogens with zero attached hydrogens (tertiary/aromatic N) is 2. The maximum absolute atomic E-state index is 12.5. The molecule has 0 aliphatic carbocycles. The number of H-pyrrole nitrogens is 1. The molecule has 7 heteroatoms. The van der Waals surface area contributed by atoms with Crippen molar-refractivity contribution in [3.63, 3.8) is 0 Å². The molecule has 0 atom stereocenters. The van der Waals surface area contributed by atoms with Crippen LogP contribution in [0.2, 0.25) is 10.0 Å². The molecule has 0 radical (unpaired) electrons. The minimum absolute atomic E-state index is 0.195. The van der Waals surface area contributed by atoms with E-state index in [1.54, 1.807) is 16.6 Å². The average molecular weight is 438 g/mol. The van der Waals surface area contributed by atoms with Crippen molar-refractivity contribution in [2.45, 2.75) is 13.8 Å². The Morgan fingerprint density at radius 2 is 1.90 bits per heavy atom. The molecule has 4 rings (SSSR count). The van der Waals surface area contributed by atoms with Crippen molar-refractivity contribution < 1.29 is 5.11 Å². The number of hydrogen-bond donors (Lipinski definition) is 2. The van der Waals surface area contributed by atoms with E-state index >= 15 is 0 Å². The summed E-state index contributed by atoms with van der Waals surface area (Å²) in [6.07, 6.45) is 0. The van der Waals surface area contributed by atoms with Gasteiger partial charge in [0.25, 0.3) is 5.56 Å². The first kappa shape index (κ1) is 20.2. The van der Waals surface area contributed by atoms with Crippen LogP contribution in [0.5, 0.6) is 0 Å². The van der Waals surface area contributed by atoms with Gasteiger partial charge in [0.05, 0.1) is 21.4 Å². The zero-order chi connectivity index (χ0) is 21.4. The standard InChI is InChI=1S/C23H17Cl2N3O2/c1-13-10-15(4-3-9-29)5-7-17(13)20-12-21(30)26-23-22(14(2)27-28(20)23)16-6-8-18(24)19(25)11-16/h5-8,10-12,29H,9H2,1-2H3,(H,26,30). The van der Waals surface area contributed by atoms with Crippen molar-refractivity contribution in [1.82, 2.24) is 14.6 Å². The smallest absolute Gasteiger partial charge is 0.251 e. The number of aromatic nitrogens is 3. The van der Waals surface area contributed by atoms with E-state index in [9.17, 15) is 4.79 Å². The zero-order valence-electron chi connectivity index (χ0n) is 16.3. The number of fused-ring (bicyclic) bond motifs is 1. The fourth-order valence-electron chi connectivity index (χ4n) is 3.51. The van der Waals surface area contributed by atoms with Gasteiger partial charge in [0.1, 0.15) is 12.3 Å². The summed E-state index contributed by atoms with van der Waals surface area (Å²) in [4.78, 5) is 15.4. The average Bonchev–Trinajstić information content (AvgIpc) is 3.04. The van der Waals surface area contributed by atoms with Crippen molar-refractivity contribution in [1.29, 1.82) is 0 Å². The summed E-state index contributed by atoms with van der Waals surface area (Å²) in [5.74, 6) is 5.53. The molecule has 0 spiro atoms. The maximum atomic E-state index is 12.5. The number of aliphatic hydroxyl groups is 1. The van der Waals surface area contributed by atoms with Crippen molar-refractivity contribution >= 4 is 28.8 Å². The van der Waals surface area contributed by atoms with Crippen LogP contribution < -0.4 is 5.56 Å². The van der Waals surface area contributed by atoms with E-state index in [1.807, 2.05) is 38.1 Å². The Kier molecular flexibility index (Phi) is 5.40. The number of aryl methyl sites for hydroxylation is 2. The van der Waals surface area contributed by atoms with Crippen LogP contribution >= 0.6 is 23.2 Å². The van der Waals surface area contributed by atoms with Crippen LogP contribution in [0.1, 0.15) is 16.8 Å². The van der Waals surface area contributed by atoms with Gasteiger partial charge in [-0.25, -0.2) is 4.52 Å². The molecule has 0 bridgehead atoms. The first-order valence-corrected chi connectivity index (χ1v) is 9.93. The van der Waals surface area contributed by atoms with E-state index in [0.29, 0.717) is 21.4 Å². The van der Waals surface area contributed by atoms with Gasteiger partial charge in [-0.1, -0.05) is 47.2 Å². The molecule has 0 amide bonds. The van der Waals surface area contributed by atoms with E-state index in [1.165, 1.54) is 6.07 Å². The summed E-state index contributed by atoms with van der Waals surface area (Å²) in [6.45, 7) is 3.63. The largest absolute Gasteiger partial charge is 0.384 e. The van der Waals surface area contributed by atoms with Gasteiger partial charge in [0, 0.05) is 22.8 Å². The number of halogens is 2. The lowest BCUT2D eigenvalue weighted by atomic mass is 10.0. The van der Waals surface area contributed by atoms with Gasteiger partial charge in [-0.2, -0.15) is 5.10 Å². The molecule has 30 heavy (non-hydrogen) atoms. The number of benzene rings is 2. The van der Waals surface area contributed by atoms with Gasteiger partial charge in [-0.15, -0.1) is 0 Å². The molecular weight excluding hydrogens is 421 g/mol. The van der Waals surface area contributed by atoms with Crippen molar-refractivity contribution in [2.75, 3.05) is 6.61 Å². The molecule has 0 aliphatic rings. The van der Waals surface area contributed by atoms with E-state index in [4.69, 9.17) is 28.3 Å². The second-order valence-corrected chi connectivity index (χ2v) is 7.67.